The molecule has 2 aromatic carbocycles. The molecule has 0 aliphatic rings. The Labute approximate surface area is 202 Å². The molecule has 0 heterocycles. The third kappa shape index (κ3) is 12.5. The fourth-order valence-electron chi connectivity index (χ4n) is 3.69. The monoisotopic (exact) mass is 442 g/mol. The molecule has 0 amide bonds. The molecule has 164 valence electrons. The molecule has 0 aliphatic carbocycles. The molecular formula is C25H39NaO3S. The van der Waals surface area contributed by atoms with E-state index < -0.39 is 10.1 Å². The van der Waals surface area contributed by atoms with Gasteiger partial charge >= 0.3 is 102 Å². The van der Waals surface area contributed by atoms with Gasteiger partial charge in [0, 0.05) is 5.39 Å². The van der Waals surface area contributed by atoms with Gasteiger partial charge < -0.3 is 0 Å². The number of rotatable bonds is 14. The van der Waals surface area contributed by atoms with Gasteiger partial charge in [0.1, 0.15) is 4.90 Å². The van der Waals surface area contributed by atoms with Gasteiger partial charge in [-0.1, -0.05) is 56.2 Å². The van der Waals surface area contributed by atoms with E-state index in [2.05, 4.69) is 6.92 Å². The Hall–Kier alpha value is -0.390. The van der Waals surface area contributed by atoms with Gasteiger partial charge in [-0.05, 0) is 11.5 Å². The van der Waals surface area contributed by atoms with Crippen molar-refractivity contribution in [3.63, 3.8) is 0 Å². The molecule has 1 N–H and O–H groups in total. The second-order valence-corrected chi connectivity index (χ2v) is 10.6. The second-order valence-electron chi connectivity index (χ2n) is 8.19. The summed E-state index contributed by atoms with van der Waals surface area (Å²) in [7, 11) is -4.13. The van der Waals surface area contributed by atoms with E-state index in [1.807, 2.05) is 6.07 Å². The third-order valence-electron chi connectivity index (χ3n) is 5.48. The topological polar surface area (TPSA) is 54.4 Å². The summed E-state index contributed by atoms with van der Waals surface area (Å²) in [5.74, 6) is 0. The van der Waals surface area contributed by atoms with Crippen molar-refractivity contribution in [2.45, 2.75) is 99.0 Å². The zero-order valence-electron chi connectivity index (χ0n) is 19.1. The van der Waals surface area contributed by atoms with Gasteiger partial charge in [0.2, 0.25) is 0 Å². The minimum Gasteiger partial charge on any atom is -0.282 e. The second kappa shape index (κ2) is 17.2. The van der Waals surface area contributed by atoms with E-state index in [1.54, 1.807) is 30.3 Å². The van der Waals surface area contributed by atoms with Crippen molar-refractivity contribution >= 4 is 48.8 Å². The van der Waals surface area contributed by atoms with E-state index in [1.165, 1.54) is 121 Å². The van der Waals surface area contributed by atoms with Crippen LogP contribution in [-0.2, 0) is 10.1 Å². The normalized spacial score (nSPS) is 11.3. The van der Waals surface area contributed by atoms with Crippen LogP contribution >= 0.6 is 0 Å². The van der Waals surface area contributed by atoms with Crippen LogP contribution in [0.4, 0.5) is 0 Å². The van der Waals surface area contributed by atoms with E-state index in [0.717, 1.165) is 5.39 Å². The van der Waals surface area contributed by atoms with E-state index >= 15 is 0 Å². The Balaban J connectivity index is 0.000000301. The van der Waals surface area contributed by atoms with Crippen LogP contribution in [0.3, 0.4) is 0 Å². The van der Waals surface area contributed by atoms with Crippen LogP contribution in [0.2, 0.25) is 3.67 Å². The Morgan fingerprint density at radius 2 is 1.17 bits per heavy atom. The zero-order valence-corrected chi connectivity index (χ0v) is 21.9. The molecule has 0 bridgehead atoms. The van der Waals surface area contributed by atoms with E-state index in [0.29, 0.717) is 5.39 Å². The summed E-state index contributed by atoms with van der Waals surface area (Å²) in [5.41, 5.74) is 0. The van der Waals surface area contributed by atoms with Crippen molar-refractivity contribution in [3.8, 4) is 0 Å². The van der Waals surface area contributed by atoms with Crippen molar-refractivity contribution in [2.24, 2.45) is 0 Å². The quantitative estimate of drug-likeness (QED) is 0.185. The first-order valence-electron chi connectivity index (χ1n) is 12.0. The maximum absolute atomic E-state index is 11.0. The Bertz CT molecular complexity index is 771. The molecule has 2 aromatic rings. The molecule has 0 spiro atoms. The third-order valence-corrected chi connectivity index (χ3v) is 7.10. The zero-order chi connectivity index (χ0) is 22.1. The summed E-state index contributed by atoms with van der Waals surface area (Å²) in [5, 5.41) is 1.33. The standard InChI is InChI=1S/C15H31.C10H8O3S.Na/c1-3-5-7-9-11-13-15-14-12-10-8-6-4-2;11-14(12,13)10-7-3-5-8-4-1-2-6-9(8)10;/h1,3-15H2,2H3;1-7H,(H,11,12,13);. The van der Waals surface area contributed by atoms with E-state index in [4.69, 9.17) is 4.55 Å². The molecule has 0 radical (unpaired) electrons. The molecular weight excluding hydrogens is 403 g/mol. The summed E-state index contributed by atoms with van der Waals surface area (Å²) in [4.78, 5) is -0.0457. The van der Waals surface area contributed by atoms with Gasteiger partial charge in [-0.3, -0.25) is 4.55 Å². The summed E-state index contributed by atoms with van der Waals surface area (Å²) in [6.45, 7) is 2.29. The molecule has 30 heavy (non-hydrogen) atoms. The first-order chi connectivity index (χ1) is 14.5. The fourth-order valence-corrected chi connectivity index (χ4v) is 4.90. The van der Waals surface area contributed by atoms with Gasteiger partial charge in [-0.2, -0.15) is 8.42 Å². The molecule has 3 nitrogen and oxygen atoms in total. The molecule has 0 atom stereocenters. The largest absolute Gasteiger partial charge is 0.295 e. The number of hydrogen-bond donors (Lipinski definition) is 1. The molecule has 0 aromatic heterocycles. The van der Waals surface area contributed by atoms with E-state index in [9.17, 15) is 8.42 Å². The van der Waals surface area contributed by atoms with E-state index in [-0.39, 0.29) is 4.90 Å². The van der Waals surface area contributed by atoms with Crippen molar-refractivity contribution in [3.05, 3.63) is 42.5 Å². The van der Waals surface area contributed by atoms with Gasteiger partial charge in [-0.15, -0.1) is 0 Å². The van der Waals surface area contributed by atoms with Gasteiger partial charge in [0.05, 0.1) is 0 Å². The van der Waals surface area contributed by atoms with Crippen LogP contribution in [0.25, 0.3) is 10.8 Å². The molecule has 5 heteroatoms. The summed E-state index contributed by atoms with van der Waals surface area (Å²) >= 11 is 1.41. The van der Waals surface area contributed by atoms with Crippen LogP contribution in [0.15, 0.2) is 47.4 Å². The molecule has 0 saturated carbocycles. The molecule has 0 saturated heterocycles. The van der Waals surface area contributed by atoms with Crippen molar-refractivity contribution < 1.29 is 13.0 Å². The smallest absolute Gasteiger partial charge is 0.282 e. The van der Waals surface area contributed by atoms with Gasteiger partial charge in [-0.25, -0.2) is 0 Å². The maximum atomic E-state index is 11.0. The average molecular weight is 443 g/mol. The van der Waals surface area contributed by atoms with Crippen LogP contribution in [0.1, 0.15) is 90.4 Å². The first kappa shape index (κ1) is 27.6. The Kier molecular flexibility index (Phi) is 15.8. The van der Waals surface area contributed by atoms with Gasteiger partial charge in [0.15, 0.2) is 0 Å². The van der Waals surface area contributed by atoms with Crippen molar-refractivity contribution in [1.82, 2.24) is 0 Å². The predicted molar refractivity (Wildman–Crippen MR) is 130 cm³/mol. The maximum Gasteiger partial charge on any atom is 0.295 e. The summed E-state index contributed by atoms with van der Waals surface area (Å²) < 4.78 is 32.5. The Morgan fingerprint density at radius 1 is 0.700 bits per heavy atom. The van der Waals surface area contributed by atoms with Crippen molar-refractivity contribution in [1.29, 1.82) is 0 Å². The number of hydrogen-bond acceptors (Lipinski definition) is 2. The SMILES string of the molecule is CCCCCCCCCCCCCC[CH2][Na].O=S(=O)(O)c1cccc2ccccc12. The summed E-state index contributed by atoms with van der Waals surface area (Å²) in [6.07, 6.45) is 19.2. The minimum atomic E-state index is -4.13. The molecule has 0 unspecified atom stereocenters. The minimum absolute atomic E-state index is 0.0457. The fraction of sp³-hybridized carbons (Fsp3) is 0.600. The van der Waals surface area contributed by atoms with Crippen LogP contribution in [-0.4, -0.2) is 40.9 Å². The van der Waals surface area contributed by atoms with Gasteiger partial charge in [0.25, 0.3) is 10.1 Å². The number of benzene rings is 2. The number of fused-ring (bicyclic) bond motifs is 1. The van der Waals surface area contributed by atoms with Crippen LogP contribution in [0, 0.1) is 0 Å². The first-order valence-corrected chi connectivity index (χ1v) is 14.8. The molecule has 0 aliphatic heterocycles. The van der Waals surface area contributed by atoms with Crippen LogP contribution < -0.4 is 0 Å². The number of unbranched alkanes of at least 4 members (excludes halogenated alkanes) is 12. The van der Waals surface area contributed by atoms with Crippen molar-refractivity contribution in [2.75, 3.05) is 0 Å². The van der Waals surface area contributed by atoms with Crippen LogP contribution in [0.5, 0.6) is 0 Å². The molecule has 2 rings (SSSR count). The predicted octanol–water partition coefficient (Wildman–Crippen LogP) is 7.75. The Morgan fingerprint density at radius 3 is 1.67 bits per heavy atom. The average Bonchev–Trinajstić information content (AvgIpc) is 2.74. The molecule has 0 fully saturated rings. The summed E-state index contributed by atoms with van der Waals surface area (Å²) in [6, 6.07) is 11.8.